The van der Waals surface area contributed by atoms with Crippen LogP contribution in [0.4, 0.5) is 0 Å². The molecule has 0 aromatic heterocycles. The Hall–Kier alpha value is -0.650. The van der Waals surface area contributed by atoms with Gasteiger partial charge in [0.15, 0.2) is 0 Å². The monoisotopic (exact) mass is 283 g/mol. The van der Waals surface area contributed by atoms with Crippen molar-refractivity contribution in [2.75, 3.05) is 19.7 Å². The fourth-order valence-corrected chi connectivity index (χ4v) is 3.71. The number of rotatable bonds is 4. The van der Waals surface area contributed by atoms with Crippen molar-refractivity contribution < 1.29 is 9.53 Å². The molecule has 1 aliphatic carbocycles. The summed E-state index contributed by atoms with van der Waals surface area (Å²) in [6, 6.07) is 0.707. The maximum Gasteiger partial charge on any atom is 0.237 e. The molecule has 3 unspecified atom stereocenters. The molecule has 0 radical (unpaired) electrons. The minimum atomic E-state index is -0.529. The van der Waals surface area contributed by atoms with Crippen LogP contribution in [0.15, 0.2) is 0 Å². The van der Waals surface area contributed by atoms with Gasteiger partial charge < -0.3 is 15.8 Å². The number of morpholine rings is 1. The quantitative estimate of drug-likeness (QED) is 0.803. The van der Waals surface area contributed by atoms with Gasteiger partial charge in [0, 0.05) is 25.2 Å². The van der Waals surface area contributed by atoms with E-state index < -0.39 is 5.54 Å². The lowest BCUT2D eigenvalue weighted by molar-refractivity contribution is -0.127. The third-order valence-electron chi connectivity index (χ3n) is 4.55. The predicted molar refractivity (Wildman–Crippen MR) is 79.4 cm³/mol. The molecular weight excluding hydrogens is 254 g/mol. The molecule has 3 N–H and O–H groups in total. The lowest BCUT2D eigenvalue weighted by Crippen LogP contribution is -2.63. The summed E-state index contributed by atoms with van der Waals surface area (Å²) in [5, 5.41) is 3.44. The van der Waals surface area contributed by atoms with Gasteiger partial charge in [-0.05, 0) is 46.5 Å². The predicted octanol–water partition coefficient (Wildman–Crippen LogP) is 0.872. The summed E-state index contributed by atoms with van der Waals surface area (Å²) in [5.74, 6) is -0.197. The van der Waals surface area contributed by atoms with Crippen LogP contribution in [0.2, 0.25) is 0 Å². The minimum Gasteiger partial charge on any atom is -0.376 e. The number of carbonyl (C=O) groups excluding carboxylic acids is 1. The molecule has 5 nitrogen and oxygen atoms in total. The van der Waals surface area contributed by atoms with Crippen molar-refractivity contribution in [2.45, 2.75) is 70.2 Å². The Balaban J connectivity index is 2.07. The number of nitrogens with zero attached hydrogens (tertiary/aromatic N) is 1. The van der Waals surface area contributed by atoms with Crippen molar-refractivity contribution in [3.8, 4) is 0 Å². The van der Waals surface area contributed by atoms with Crippen LogP contribution in [-0.2, 0) is 9.53 Å². The molecule has 2 fully saturated rings. The van der Waals surface area contributed by atoms with Gasteiger partial charge in [0.05, 0.1) is 18.2 Å². The van der Waals surface area contributed by atoms with E-state index in [0.717, 1.165) is 45.4 Å². The van der Waals surface area contributed by atoms with Gasteiger partial charge in [-0.15, -0.1) is 0 Å². The molecule has 1 saturated carbocycles. The summed E-state index contributed by atoms with van der Waals surface area (Å²) < 4.78 is 5.61. The number of hydrogen-bond acceptors (Lipinski definition) is 4. The van der Waals surface area contributed by atoms with Crippen molar-refractivity contribution in [3.05, 3.63) is 0 Å². The highest BCUT2D eigenvalue weighted by atomic mass is 16.5. The summed E-state index contributed by atoms with van der Waals surface area (Å²) in [6.07, 6.45) is 4.18. The number of nitrogens with one attached hydrogen (secondary N) is 1. The van der Waals surface area contributed by atoms with Crippen LogP contribution in [0.1, 0.15) is 46.5 Å². The second-order valence-corrected chi connectivity index (χ2v) is 6.67. The largest absolute Gasteiger partial charge is 0.376 e. The minimum absolute atomic E-state index is 0.197. The number of nitrogens with two attached hydrogens (primary N) is 1. The topological polar surface area (TPSA) is 67.6 Å². The Morgan fingerprint density at radius 2 is 2.25 bits per heavy atom. The van der Waals surface area contributed by atoms with Crippen molar-refractivity contribution in [1.82, 2.24) is 10.2 Å². The first-order valence-electron chi connectivity index (χ1n) is 7.86. The van der Waals surface area contributed by atoms with Crippen molar-refractivity contribution in [2.24, 2.45) is 5.73 Å². The Kier molecular flexibility index (Phi) is 5.04. The van der Waals surface area contributed by atoms with E-state index in [-0.39, 0.29) is 18.1 Å². The summed E-state index contributed by atoms with van der Waals surface area (Å²) in [7, 11) is 0. The number of carbonyl (C=O) groups is 1. The maximum atomic E-state index is 12.0. The first kappa shape index (κ1) is 15.7. The third kappa shape index (κ3) is 3.51. The smallest absolute Gasteiger partial charge is 0.237 e. The lowest BCUT2D eigenvalue weighted by Gasteiger charge is -2.46. The molecule has 116 valence electrons. The van der Waals surface area contributed by atoms with E-state index in [1.165, 1.54) is 0 Å². The van der Waals surface area contributed by atoms with Crippen LogP contribution in [0, 0.1) is 0 Å². The SMILES string of the molecule is CC(C)NC1(C(N)=O)CCCC(N2CCOC(C)C2)C1. The Labute approximate surface area is 122 Å². The molecule has 1 amide bonds. The fraction of sp³-hybridized carbons (Fsp3) is 0.933. The zero-order chi connectivity index (χ0) is 14.8. The summed E-state index contributed by atoms with van der Waals surface area (Å²) in [4.78, 5) is 14.5. The van der Waals surface area contributed by atoms with Crippen LogP contribution < -0.4 is 11.1 Å². The fourth-order valence-electron chi connectivity index (χ4n) is 3.71. The van der Waals surface area contributed by atoms with E-state index >= 15 is 0 Å². The molecule has 2 aliphatic rings. The van der Waals surface area contributed by atoms with Crippen LogP contribution in [0.25, 0.3) is 0 Å². The van der Waals surface area contributed by atoms with Crippen LogP contribution in [0.5, 0.6) is 0 Å². The van der Waals surface area contributed by atoms with Gasteiger partial charge in [-0.2, -0.15) is 0 Å². The van der Waals surface area contributed by atoms with Gasteiger partial charge in [0.1, 0.15) is 0 Å². The van der Waals surface area contributed by atoms with E-state index in [1.54, 1.807) is 0 Å². The average Bonchev–Trinajstić information content (AvgIpc) is 2.38. The van der Waals surface area contributed by atoms with Gasteiger partial charge in [0.2, 0.25) is 5.91 Å². The molecule has 5 heteroatoms. The molecule has 0 spiro atoms. The van der Waals surface area contributed by atoms with E-state index in [1.807, 2.05) is 0 Å². The molecule has 1 saturated heterocycles. The summed E-state index contributed by atoms with van der Waals surface area (Å²) >= 11 is 0. The highest BCUT2D eigenvalue weighted by molar-refractivity contribution is 5.85. The molecule has 0 aromatic rings. The van der Waals surface area contributed by atoms with Crippen molar-refractivity contribution in [1.29, 1.82) is 0 Å². The van der Waals surface area contributed by atoms with E-state index in [0.29, 0.717) is 6.04 Å². The van der Waals surface area contributed by atoms with Crippen molar-refractivity contribution >= 4 is 5.91 Å². The third-order valence-corrected chi connectivity index (χ3v) is 4.55. The standard InChI is InChI=1S/C15H29N3O2/c1-11(2)17-15(14(16)19)6-4-5-13(9-15)18-7-8-20-12(3)10-18/h11-13,17H,4-10H2,1-3H3,(H2,16,19). The summed E-state index contributed by atoms with van der Waals surface area (Å²) in [5.41, 5.74) is 5.20. The molecule has 2 rings (SSSR count). The van der Waals surface area contributed by atoms with Crippen LogP contribution in [-0.4, -0.2) is 54.2 Å². The van der Waals surface area contributed by atoms with E-state index in [4.69, 9.17) is 10.5 Å². The van der Waals surface area contributed by atoms with Gasteiger partial charge in [-0.1, -0.05) is 0 Å². The molecule has 1 heterocycles. The van der Waals surface area contributed by atoms with Gasteiger partial charge in [-0.3, -0.25) is 9.69 Å². The average molecular weight is 283 g/mol. The normalized spacial score (nSPS) is 36.2. The second-order valence-electron chi connectivity index (χ2n) is 6.67. The van der Waals surface area contributed by atoms with Crippen molar-refractivity contribution in [3.63, 3.8) is 0 Å². The van der Waals surface area contributed by atoms with E-state index in [9.17, 15) is 4.79 Å². The molecule has 0 aromatic carbocycles. The number of amides is 1. The van der Waals surface area contributed by atoms with Gasteiger partial charge >= 0.3 is 0 Å². The Morgan fingerprint density at radius 1 is 1.50 bits per heavy atom. The first-order valence-corrected chi connectivity index (χ1v) is 7.86. The molecular formula is C15H29N3O2. The van der Waals surface area contributed by atoms with Gasteiger partial charge in [-0.25, -0.2) is 0 Å². The highest BCUT2D eigenvalue weighted by Crippen LogP contribution is 2.32. The lowest BCUT2D eigenvalue weighted by atomic mass is 9.77. The molecule has 0 bridgehead atoms. The highest BCUT2D eigenvalue weighted by Gasteiger charge is 2.43. The molecule has 3 atom stereocenters. The number of primary amides is 1. The zero-order valence-corrected chi connectivity index (χ0v) is 13.0. The van der Waals surface area contributed by atoms with E-state index in [2.05, 4.69) is 31.0 Å². The Bertz CT molecular complexity index is 348. The summed E-state index contributed by atoms with van der Waals surface area (Å²) in [6.45, 7) is 8.98. The van der Waals surface area contributed by atoms with Crippen LogP contribution in [0.3, 0.4) is 0 Å². The Morgan fingerprint density at radius 3 is 2.85 bits per heavy atom. The van der Waals surface area contributed by atoms with Crippen LogP contribution >= 0.6 is 0 Å². The number of ether oxygens (including phenoxy) is 1. The zero-order valence-electron chi connectivity index (χ0n) is 13.0. The molecule has 1 aliphatic heterocycles. The number of hydrogen-bond donors (Lipinski definition) is 2. The maximum absolute atomic E-state index is 12.0. The van der Waals surface area contributed by atoms with Gasteiger partial charge in [0.25, 0.3) is 0 Å². The first-order chi connectivity index (χ1) is 9.43. The second kappa shape index (κ2) is 6.41. The molecule has 20 heavy (non-hydrogen) atoms.